The maximum absolute atomic E-state index is 8.08. The second kappa shape index (κ2) is 3.80. The molecule has 0 heterocycles. The van der Waals surface area contributed by atoms with E-state index in [1.807, 2.05) is 0 Å². The summed E-state index contributed by atoms with van der Waals surface area (Å²) in [6, 6.07) is 0. The van der Waals surface area contributed by atoms with Crippen LogP contribution in [0.3, 0.4) is 0 Å². The van der Waals surface area contributed by atoms with E-state index in [1.54, 1.807) is 6.08 Å². The summed E-state index contributed by atoms with van der Waals surface area (Å²) < 4.78 is 0. The van der Waals surface area contributed by atoms with Gasteiger partial charge in [0.1, 0.15) is 0 Å². The van der Waals surface area contributed by atoms with E-state index in [1.165, 1.54) is 0 Å². The molecule has 0 aromatic heterocycles. The summed E-state index contributed by atoms with van der Waals surface area (Å²) in [5.74, 6) is 0. The molecule has 0 aliphatic carbocycles. The van der Waals surface area contributed by atoms with Crippen molar-refractivity contribution in [2.75, 3.05) is 6.54 Å². The van der Waals surface area contributed by atoms with Crippen LogP contribution in [0.2, 0.25) is 0 Å². The van der Waals surface area contributed by atoms with Gasteiger partial charge in [-0.15, -0.1) is 6.58 Å². The molecule has 42 valence electrons. The van der Waals surface area contributed by atoms with Gasteiger partial charge in [-0.2, -0.15) is 0 Å². The molecule has 0 aromatic carbocycles. The van der Waals surface area contributed by atoms with Gasteiger partial charge in [0.05, 0.1) is 0 Å². The number of nitrogens with one attached hydrogen (secondary N) is 1. The van der Waals surface area contributed by atoms with Crippen molar-refractivity contribution in [3.8, 4) is 0 Å². The maximum atomic E-state index is 8.08. The summed E-state index contributed by atoms with van der Waals surface area (Å²) >= 11 is 0. The van der Waals surface area contributed by atoms with E-state index < -0.39 is 6.41 Å². The highest BCUT2D eigenvalue weighted by molar-refractivity contribution is 4.68. The van der Waals surface area contributed by atoms with Crippen LogP contribution in [0.25, 0.3) is 0 Å². The van der Waals surface area contributed by atoms with Crippen LogP contribution in [0, 0.1) is 0 Å². The van der Waals surface area contributed by atoms with Crippen LogP contribution in [0.1, 0.15) is 0 Å². The Morgan fingerprint density at radius 2 is 2.29 bits per heavy atom. The van der Waals surface area contributed by atoms with Gasteiger partial charge in [-0.25, -0.2) is 0 Å². The van der Waals surface area contributed by atoms with Crippen LogP contribution >= 0.6 is 0 Å². The zero-order chi connectivity index (χ0) is 5.70. The lowest BCUT2D eigenvalue weighted by molar-refractivity contribution is -0.0630. The van der Waals surface area contributed by atoms with Crippen LogP contribution in [0.5, 0.6) is 0 Å². The molecule has 3 N–H and O–H groups in total. The quantitative estimate of drug-likeness (QED) is 0.318. The predicted molar refractivity (Wildman–Crippen MR) is 26.4 cm³/mol. The molecular formula is C4H9NO2. The van der Waals surface area contributed by atoms with Gasteiger partial charge in [0.15, 0.2) is 0 Å². The summed E-state index contributed by atoms with van der Waals surface area (Å²) in [5.41, 5.74) is 0. The zero-order valence-electron chi connectivity index (χ0n) is 3.96. The lowest BCUT2D eigenvalue weighted by atomic mass is 10.6. The smallest absolute Gasteiger partial charge is 0.211 e. The van der Waals surface area contributed by atoms with Crippen molar-refractivity contribution in [1.82, 2.24) is 5.32 Å². The molecule has 0 fully saturated rings. The number of hydrogen-bond donors (Lipinski definition) is 3. The molecular weight excluding hydrogens is 94.0 g/mol. The average Bonchev–Trinajstić information content (AvgIpc) is 1.61. The Morgan fingerprint density at radius 3 is 2.43 bits per heavy atom. The first-order valence-electron chi connectivity index (χ1n) is 1.98. The highest BCUT2D eigenvalue weighted by Gasteiger charge is 1.87. The highest BCUT2D eigenvalue weighted by Crippen LogP contribution is 1.63. The van der Waals surface area contributed by atoms with E-state index in [9.17, 15) is 0 Å². The van der Waals surface area contributed by atoms with E-state index in [0.29, 0.717) is 6.54 Å². The third kappa shape index (κ3) is 5.62. The molecule has 0 amide bonds. The Morgan fingerprint density at radius 1 is 1.71 bits per heavy atom. The van der Waals surface area contributed by atoms with Crippen LogP contribution in [0.15, 0.2) is 12.7 Å². The third-order valence-corrected chi connectivity index (χ3v) is 0.445. The van der Waals surface area contributed by atoms with E-state index in [2.05, 4.69) is 11.9 Å². The minimum atomic E-state index is -1.42. The maximum Gasteiger partial charge on any atom is 0.211 e. The van der Waals surface area contributed by atoms with E-state index in [-0.39, 0.29) is 0 Å². The number of hydrogen-bond acceptors (Lipinski definition) is 3. The molecule has 0 bridgehead atoms. The van der Waals surface area contributed by atoms with E-state index in [4.69, 9.17) is 10.2 Å². The number of aliphatic hydroxyl groups excluding tert-OH is 1. The second-order valence-electron chi connectivity index (χ2n) is 1.07. The molecule has 3 nitrogen and oxygen atoms in total. The molecule has 0 aliphatic heterocycles. The zero-order valence-corrected chi connectivity index (χ0v) is 3.96. The van der Waals surface area contributed by atoms with Crippen LogP contribution in [-0.4, -0.2) is 23.2 Å². The van der Waals surface area contributed by atoms with E-state index in [0.717, 1.165) is 0 Å². The standard InChI is InChI=1S/C4H9NO2/c1-2-3-5-4(6)7/h2,4-7H,1,3H2. The molecule has 7 heavy (non-hydrogen) atoms. The molecule has 0 radical (unpaired) electrons. The first kappa shape index (κ1) is 6.62. The Balaban J connectivity index is 2.81. The average molecular weight is 103 g/mol. The lowest BCUT2D eigenvalue weighted by Crippen LogP contribution is -2.27. The van der Waals surface area contributed by atoms with Crippen molar-refractivity contribution < 1.29 is 10.2 Å². The predicted octanol–water partition coefficient (Wildman–Crippen LogP) is -0.970. The highest BCUT2D eigenvalue weighted by atomic mass is 16.5. The molecule has 0 saturated heterocycles. The summed E-state index contributed by atoms with van der Waals surface area (Å²) in [5, 5.41) is 18.4. The summed E-state index contributed by atoms with van der Waals surface area (Å²) in [6.07, 6.45) is 0.123. The largest absolute Gasteiger partial charge is 0.356 e. The summed E-state index contributed by atoms with van der Waals surface area (Å²) in [6.45, 7) is 3.76. The molecule has 0 saturated carbocycles. The minimum Gasteiger partial charge on any atom is -0.356 e. The molecule has 0 unspecified atom stereocenters. The number of aliphatic hydroxyl groups is 2. The monoisotopic (exact) mass is 103 g/mol. The van der Waals surface area contributed by atoms with E-state index >= 15 is 0 Å². The molecule has 0 aliphatic rings. The minimum absolute atomic E-state index is 0.414. The molecule has 0 rings (SSSR count). The SMILES string of the molecule is C=CCNC(O)O. The van der Waals surface area contributed by atoms with Crippen molar-refractivity contribution >= 4 is 0 Å². The Kier molecular flexibility index (Phi) is 3.59. The summed E-state index contributed by atoms with van der Waals surface area (Å²) in [7, 11) is 0. The van der Waals surface area contributed by atoms with Gasteiger partial charge in [-0.05, 0) is 0 Å². The topological polar surface area (TPSA) is 52.5 Å². The first-order chi connectivity index (χ1) is 3.27. The van der Waals surface area contributed by atoms with Crippen LogP contribution < -0.4 is 5.32 Å². The second-order valence-corrected chi connectivity index (χ2v) is 1.07. The van der Waals surface area contributed by atoms with Gasteiger partial charge in [0, 0.05) is 6.54 Å². The number of rotatable bonds is 3. The van der Waals surface area contributed by atoms with Gasteiger partial charge < -0.3 is 10.2 Å². The molecule has 3 heteroatoms. The van der Waals surface area contributed by atoms with Gasteiger partial charge in [-0.3, -0.25) is 5.32 Å². The fourth-order valence-corrected chi connectivity index (χ4v) is 0.189. The third-order valence-electron chi connectivity index (χ3n) is 0.445. The van der Waals surface area contributed by atoms with Crippen molar-refractivity contribution in [3.63, 3.8) is 0 Å². The van der Waals surface area contributed by atoms with Crippen molar-refractivity contribution in [2.24, 2.45) is 0 Å². The molecule has 0 spiro atoms. The van der Waals surface area contributed by atoms with Gasteiger partial charge in [0.25, 0.3) is 0 Å². The van der Waals surface area contributed by atoms with Crippen LogP contribution in [-0.2, 0) is 0 Å². The Hall–Kier alpha value is -0.380. The fraction of sp³-hybridized carbons (Fsp3) is 0.500. The van der Waals surface area contributed by atoms with Crippen molar-refractivity contribution in [2.45, 2.75) is 6.41 Å². The van der Waals surface area contributed by atoms with Gasteiger partial charge in [-0.1, -0.05) is 6.08 Å². The Labute approximate surface area is 42.3 Å². The van der Waals surface area contributed by atoms with Crippen molar-refractivity contribution in [1.29, 1.82) is 0 Å². The normalized spacial score (nSPS) is 9.57. The van der Waals surface area contributed by atoms with Gasteiger partial charge >= 0.3 is 0 Å². The fourth-order valence-electron chi connectivity index (χ4n) is 0.189. The van der Waals surface area contributed by atoms with Crippen LogP contribution in [0.4, 0.5) is 0 Å². The van der Waals surface area contributed by atoms with Gasteiger partial charge in [0.2, 0.25) is 6.41 Å². The molecule has 0 atom stereocenters. The molecule has 0 aromatic rings. The first-order valence-corrected chi connectivity index (χ1v) is 1.98. The summed E-state index contributed by atoms with van der Waals surface area (Å²) in [4.78, 5) is 0. The van der Waals surface area contributed by atoms with Crippen molar-refractivity contribution in [3.05, 3.63) is 12.7 Å². The lowest BCUT2D eigenvalue weighted by Gasteiger charge is -1.99. The Bertz CT molecular complexity index is 53.7.